The van der Waals surface area contributed by atoms with E-state index in [0.717, 1.165) is 6.54 Å². The molecule has 2 fully saturated rings. The van der Waals surface area contributed by atoms with Crippen molar-refractivity contribution in [1.82, 2.24) is 24.4 Å². The number of hydrogen-bond donors (Lipinski definition) is 2. The van der Waals surface area contributed by atoms with Crippen molar-refractivity contribution in [2.75, 3.05) is 45.3 Å². The molecule has 0 unspecified atom stereocenters. The quantitative estimate of drug-likeness (QED) is 0.408. The highest BCUT2D eigenvalue weighted by Crippen LogP contribution is 2.49. The van der Waals surface area contributed by atoms with Gasteiger partial charge in [-0.15, -0.1) is 0 Å². The third kappa shape index (κ3) is 5.56. The van der Waals surface area contributed by atoms with Gasteiger partial charge in [-0.25, -0.2) is 4.98 Å². The monoisotopic (exact) mass is 595 g/mol. The summed E-state index contributed by atoms with van der Waals surface area (Å²) in [6, 6.07) is 0. The summed E-state index contributed by atoms with van der Waals surface area (Å²) in [4.78, 5) is 15.1. The smallest absolute Gasteiger partial charge is 0.335 e. The Hall–Kier alpha value is -1.66. The third-order valence-electron chi connectivity index (χ3n) is 8.21. The molecule has 12 nitrogen and oxygen atoms in total. The van der Waals surface area contributed by atoms with E-state index < -0.39 is 35.6 Å². The third-order valence-corrected chi connectivity index (χ3v) is 18.5. The SMILES string of the molecule is CC(C)[Si]1(C(C)C)OC[C@H]2O[C@@H](n3cnc4c(N)nc(N)nc43)[C@H](OCCN(C)C)[C@@H]2O[Si](C(C)C)(C(C)C)O1. The molecule has 4 N–H and O–H groups in total. The van der Waals surface area contributed by atoms with E-state index in [4.69, 9.17) is 33.9 Å². The maximum absolute atomic E-state index is 7.38. The summed E-state index contributed by atoms with van der Waals surface area (Å²) in [5.41, 5.74) is 13.9. The van der Waals surface area contributed by atoms with E-state index >= 15 is 0 Å². The number of anilines is 2. The molecule has 2 aromatic heterocycles. The first-order valence-corrected chi connectivity index (χ1v) is 18.4. The van der Waals surface area contributed by atoms with E-state index in [1.807, 2.05) is 18.7 Å². The van der Waals surface area contributed by atoms with Gasteiger partial charge in [-0.1, -0.05) is 55.4 Å². The van der Waals surface area contributed by atoms with Gasteiger partial charge in [-0.05, 0) is 36.3 Å². The maximum atomic E-state index is 7.38. The fourth-order valence-electron chi connectivity index (χ4n) is 6.04. The summed E-state index contributed by atoms with van der Waals surface area (Å²) in [7, 11) is -1.55. The number of fused-ring (bicyclic) bond motifs is 2. The molecule has 4 heterocycles. The Labute approximate surface area is 240 Å². The molecule has 2 saturated heterocycles. The number of nitrogens with two attached hydrogens (primary N) is 2. The highest BCUT2D eigenvalue weighted by atomic mass is 28.5. The van der Waals surface area contributed by atoms with Gasteiger partial charge in [0.1, 0.15) is 23.8 Å². The van der Waals surface area contributed by atoms with Gasteiger partial charge in [0, 0.05) is 6.54 Å². The van der Waals surface area contributed by atoms with Crippen LogP contribution in [-0.4, -0.2) is 93.7 Å². The van der Waals surface area contributed by atoms with Gasteiger partial charge in [-0.2, -0.15) is 9.97 Å². The number of likely N-dealkylation sites (N-methyl/N-ethyl adjacent to an activating group) is 1. The predicted molar refractivity (Wildman–Crippen MR) is 160 cm³/mol. The van der Waals surface area contributed by atoms with Crippen LogP contribution < -0.4 is 11.5 Å². The first-order chi connectivity index (χ1) is 18.7. The Morgan fingerprint density at radius 1 is 1.00 bits per heavy atom. The van der Waals surface area contributed by atoms with Crippen molar-refractivity contribution in [2.45, 2.75) is 102 Å². The summed E-state index contributed by atoms with van der Waals surface area (Å²) < 4.78 is 36.9. The van der Waals surface area contributed by atoms with Gasteiger partial charge < -0.3 is 38.8 Å². The van der Waals surface area contributed by atoms with Crippen LogP contribution in [0.1, 0.15) is 61.6 Å². The van der Waals surface area contributed by atoms with Crippen molar-refractivity contribution in [3.05, 3.63) is 6.33 Å². The molecule has 0 bridgehead atoms. The van der Waals surface area contributed by atoms with Gasteiger partial charge in [0.15, 0.2) is 17.7 Å². The van der Waals surface area contributed by atoms with E-state index in [0.29, 0.717) is 24.4 Å². The van der Waals surface area contributed by atoms with Crippen molar-refractivity contribution in [3.63, 3.8) is 0 Å². The van der Waals surface area contributed by atoms with Crippen LogP contribution in [0.15, 0.2) is 6.33 Å². The van der Waals surface area contributed by atoms with Gasteiger partial charge in [-0.3, -0.25) is 4.57 Å². The number of rotatable bonds is 9. The molecular formula is C26H49N7O5Si2. The minimum atomic E-state index is -2.88. The second kappa shape index (κ2) is 11.9. The van der Waals surface area contributed by atoms with Crippen LogP contribution >= 0.6 is 0 Å². The molecule has 0 saturated carbocycles. The summed E-state index contributed by atoms with van der Waals surface area (Å²) in [6.07, 6.45) is -0.179. The van der Waals surface area contributed by atoms with Crippen molar-refractivity contribution in [1.29, 1.82) is 0 Å². The zero-order chi connectivity index (χ0) is 29.6. The molecule has 0 radical (unpaired) electrons. The Balaban J connectivity index is 1.83. The Bertz CT molecular complexity index is 1150. The minimum absolute atomic E-state index is 0.0736. The molecule has 226 valence electrons. The van der Waals surface area contributed by atoms with Crippen molar-refractivity contribution in [2.24, 2.45) is 0 Å². The van der Waals surface area contributed by atoms with Crippen LogP contribution in [-0.2, 0) is 22.4 Å². The molecule has 0 amide bonds. The Morgan fingerprint density at radius 3 is 2.20 bits per heavy atom. The lowest BCUT2D eigenvalue weighted by molar-refractivity contribution is -0.0709. The molecule has 14 heteroatoms. The predicted octanol–water partition coefficient (Wildman–Crippen LogP) is 3.79. The number of nitrogens with zero attached hydrogens (tertiary/aromatic N) is 5. The molecule has 0 aromatic carbocycles. The maximum Gasteiger partial charge on any atom is 0.335 e. The number of ether oxygens (including phenoxy) is 2. The largest absolute Gasteiger partial charge is 0.414 e. The first kappa shape index (κ1) is 31.3. The average molecular weight is 596 g/mol. The van der Waals surface area contributed by atoms with Crippen LogP contribution in [0, 0.1) is 0 Å². The van der Waals surface area contributed by atoms with E-state index in [9.17, 15) is 0 Å². The second-order valence-corrected chi connectivity index (χ2v) is 21.4. The standard InChI is InChI=1S/C26H49N7O5Si2/c1-15(2)39(16(3)4)35-13-19-21(37-40(38-39,17(5)6)18(7)8)22(34-12-11-32(9)10)25(36-19)33-14-29-20-23(27)30-26(28)31-24(20)33/h14-19,21-22,25H,11-13H2,1-10H3,(H4,27,28,30,31)/t19-,21-,22-,25-/m1/s1. The highest BCUT2D eigenvalue weighted by molar-refractivity contribution is 6.84. The average Bonchev–Trinajstić information content (AvgIpc) is 3.39. The lowest BCUT2D eigenvalue weighted by Gasteiger charge is -2.51. The molecule has 2 aliphatic rings. The molecule has 0 spiro atoms. The molecule has 4 rings (SSSR count). The normalized spacial score (nSPS) is 26.8. The number of aromatic nitrogens is 4. The summed E-state index contributed by atoms with van der Waals surface area (Å²) in [6.45, 7) is 19.3. The van der Waals surface area contributed by atoms with Gasteiger partial charge in [0.05, 0.1) is 19.5 Å². The lowest BCUT2D eigenvalue weighted by atomic mass is 10.1. The second-order valence-electron chi connectivity index (χ2n) is 12.6. The van der Waals surface area contributed by atoms with Crippen LogP contribution in [0.3, 0.4) is 0 Å². The highest BCUT2D eigenvalue weighted by Gasteiger charge is 2.62. The summed E-state index contributed by atoms with van der Waals surface area (Å²) in [5, 5.41) is 0. The molecule has 0 aliphatic carbocycles. The van der Waals surface area contributed by atoms with E-state index in [1.165, 1.54) is 0 Å². The first-order valence-electron chi connectivity index (χ1n) is 14.4. The number of hydrogen-bond acceptors (Lipinski definition) is 11. The van der Waals surface area contributed by atoms with Crippen LogP contribution in [0.2, 0.25) is 22.2 Å². The topological polar surface area (TPSA) is 145 Å². The lowest BCUT2D eigenvalue weighted by Crippen LogP contribution is -2.66. The van der Waals surface area contributed by atoms with Crippen LogP contribution in [0.25, 0.3) is 11.2 Å². The molecular weight excluding hydrogens is 547 g/mol. The Morgan fingerprint density at radius 2 is 1.62 bits per heavy atom. The number of nitrogen functional groups attached to an aromatic ring is 2. The fourth-order valence-corrected chi connectivity index (χ4v) is 17.2. The summed E-state index contributed by atoms with van der Waals surface area (Å²) in [5.74, 6) is 0.295. The van der Waals surface area contributed by atoms with Crippen LogP contribution in [0.5, 0.6) is 0 Å². The van der Waals surface area contributed by atoms with Crippen molar-refractivity contribution in [3.8, 4) is 0 Å². The zero-order valence-electron chi connectivity index (χ0n) is 25.7. The van der Waals surface area contributed by atoms with E-state index in [-0.39, 0.29) is 40.0 Å². The molecule has 2 aliphatic heterocycles. The fraction of sp³-hybridized carbons (Fsp3) is 0.808. The molecule has 4 atom stereocenters. The van der Waals surface area contributed by atoms with E-state index in [2.05, 4.69) is 75.2 Å². The van der Waals surface area contributed by atoms with Gasteiger partial charge in [0.2, 0.25) is 5.95 Å². The molecule has 2 aromatic rings. The zero-order valence-corrected chi connectivity index (χ0v) is 27.7. The minimum Gasteiger partial charge on any atom is -0.414 e. The van der Waals surface area contributed by atoms with Gasteiger partial charge >= 0.3 is 17.1 Å². The van der Waals surface area contributed by atoms with Crippen LogP contribution in [0.4, 0.5) is 11.8 Å². The Kier molecular flexibility index (Phi) is 9.32. The molecule has 40 heavy (non-hydrogen) atoms. The number of imidazole rings is 1. The van der Waals surface area contributed by atoms with Gasteiger partial charge in [0.25, 0.3) is 0 Å². The van der Waals surface area contributed by atoms with Crippen molar-refractivity contribution < 1.29 is 22.4 Å². The summed E-state index contributed by atoms with van der Waals surface area (Å²) >= 11 is 0. The van der Waals surface area contributed by atoms with Crippen molar-refractivity contribution >= 4 is 40.1 Å². The van der Waals surface area contributed by atoms with E-state index in [1.54, 1.807) is 6.33 Å².